The molecule has 1 unspecified atom stereocenters. The summed E-state index contributed by atoms with van der Waals surface area (Å²) in [5.41, 5.74) is 9.83. The second-order valence-corrected chi connectivity index (χ2v) is 4.91. The van der Waals surface area contributed by atoms with Crippen molar-refractivity contribution in [3.8, 4) is 0 Å². The van der Waals surface area contributed by atoms with Gasteiger partial charge in [-0.15, -0.1) is 0 Å². The predicted molar refractivity (Wildman–Crippen MR) is 74.5 cm³/mol. The molecule has 1 heterocycles. The zero-order valence-electron chi connectivity index (χ0n) is 11.1. The molecule has 3 nitrogen and oxygen atoms in total. The first-order chi connectivity index (χ1) is 8.69. The Morgan fingerprint density at radius 1 is 1.39 bits per heavy atom. The van der Waals surface area contributed by atoms with Crippen LogP contribution in [0.15, 0.2) is 36.7 Å². The molecule has 18 heavy (non-hydrogen) atoms. The molecule has 1 aromatic carbocycles. The Hall–Kier alpha value is -1.61. The maximum atomic E-state index is 5.90. The molecule has 0 saturated heterocycles. The third-order valence-electron chi connectivity index (χ3n) is 3.34. The van der Waals surface area contributed by atoms with Crippen LogP contribution < -0.4 is 5.73 Å². The van der Waals surface area contributed by atoms with Crippen LogP contribution in [0.3, 0.4) is 0 Å². The lowest BCUT2D eigenvalue weighted by molar-refractivity contribution is 0.633. The van der Waals surface area contributed by atoms with Crippen LogP contribution in [-0.2, 0) is 13.5 Å². The van der Waals surface area contributed by atoms with Crippen LogP contribution in [-0.4, -0.2) is 16.3 Å². The van der Waals surface area contributed by atoms with Crippen LogP contribution in [0, 0.1) is 6.92 Å². The van der Waals surface area contributed by atoms with E-state index in [2.05, 4.69) is 42.5 Å². The minimum atomic E-state index is 0.435. The molecule has 0 aliphatic carbocycles. The Labute approximate surface area is 109 Å². The molecule has 2 aromatic rings. The highest BCUT2D eigenvalue weighted by Crippen LogP contribution is 2.21. The average Bonchev–Trinajstić information content (AvgIpc) is 2.76. The van der Waals surface area contributed by atoms with E-state index in [9.17, 15) is 0 Å². The number of nitrogens with two attached hydrogens (primary N) is 1. The van der Waals surface area contributed by atoms with Gasteiger partial charge in [-0.25, -0.2) is 0 Å². The zero-order valence-corrected chi connectivity index (χ0v) is 11.1. The fourth-order valence-corrected chi connectivity index (χ4v) is 2.29. The number of nitrogens with zero attached hydrogens (tertiary/aromatic N) is 2. The first-order valence-corrected chi connectivity index (χ1v) is 6.43. The molecule has 0 fully saturated rings. The molecule has 1 atom stereocenters. The Morgan fingerprint density at radius 2 is 2.22 bits per heavy atom. The Bertz CT molecular complexity index is 502. The van der Waals surface area contributed by atoms with Crippen molar-refractivity contribution in [2.45, 2.75) is 25.7 Å². The summed E-state index contributed by atoms with van der Waals surface area (Å²) in [6.07, 6.45) is 6.11. The van der Waals surface area contributed by atoms with Crippen LogP contribution in [0.2, 0.25) is 0 Å². The fraction of sp³-hybridized carbons (Fsp3) is 0.400. The zero-order chi connectivity index (χ0) is 13.0. The van der Waals surface area contributed by atoms with Crippen molar-refractivity contribution >= 4 is 0 Å². The molecule has 0 saturated carbocycles. The normalized spacial score (nSPS) is 12.6. The van der Waals surface area contributed by atoms with Gasteiger partial charge in [-0.2, -0.15) is 5.10 Å². The molecule has 2 rings (SSSR count). The van der Waals surface area contributed by atoms with Crippen molar-refractivity contribution in [1.82, 2.24) is 9.78 Å². The maximum absolute atomic E-state index is 5.90. The molecular weight excluding hydrogens is 222 g/mol. The van der Waals surface area contributed by atoms with Gasteiger partial charge in [0.05, 0.1) is 6.20 Å². The molecule has 2 N–H and O–H groups in total. The van der Waals surface area contributed by atoms with E-state index in [1.54, 1.807) is 0 Å². The van der Waals surface area contributed by atoms with Gasteiger partial charge in [-0.05, 0) is 43.4 Å². The summed E-state index contributed by atoms with van der Waals surface area (Å²) in [6.45, 7) is 2.82. The third-order valence-corrected chi connectivity index (χ3v) is 3.34. The largest absolute Gasteiger partial charge is 0.330 e. The number of hydrogen-bond acceptors (Lipinski definition) is 2. The number of aryl methyl sites for hydroxylation is 3. The summed E-state index contributed by atoms with van der Waals surface area (Å²) in [5, 5.41) is 4.19. The van der Waals surface area contributed by atoms with Gasteiger partial charge in [0.1, 0.15) is 0 Å². The van der Waals surface area contributed by atoms with Gasteiger partial charge < -0.3 is 5.73 Å². The first kappa shape index (κ1) is 12.8. The van der Waals surface area contributed by atoms with E-state index < -0.39 is 0 Å². The van der Waals surface area contributed by atoms with Crippen molar-refractivity contribution in [2.75, 3.05) is 6.54 Å². The van der Waals surface area contributed by atoms with Crippen LogP contribution >= 0.6 is 0 Å². The van der Waals surface area contributed by atoms with E-state index in [1.807, 2.05) is 17.9 Å². The quantitative estimate of drug-likeness (QED) is 0.876. The van der Waals surface area contributed by atoms with E-state index in [0.29, 0.717) is 12.5 Å². The summed E-state index contributed by atoms with van der Waals surface area (Å²) in [6, 6.07) is 8.64. The number of aromatic nitrogens is 2. The van der Waals surface area contributed by atoms with E-state index >= 15 is 0 Å². The summed E-state index contributed by atoms with van der Waals surface area (Å²) in [4.78, 5) is 0. The van der Waals surface area contributed by atoms with Crippen LogP contribution in [0.25, 0.3) is 0 Å². The van der Waals surface area contributed by atoms with Gasteiger partial charge in [0.2, 0.25) is 0 Å². The summed E-state index contributed by atoms with van der Waals surface area (Å²) in [7, 11) is 1.95. The molecular formula is C15H21N3. The third kappa shape index (κ3) is 3.20. The van der Waals surface area contributed by atoms with Gasteiger partial charge in [-0.1, -0.05) is 29.8 Å². The monoisotopic (exact) mass is 243 g/mol. The number of rotatable bonds is 5. The van der Waals surface area contributed by atoms with Gasteiger partial charge in [0.15, 0.2) is 0 Å². The minimum Gasteiger partial charge on any atom is -0.330 e. The summed E-state index contributed by atoms with van der Waals surface area (Å²) >= 11 is 0. The van der Waals surface area contributed by atoms with E-state index in [1.165, 1.54) is 16.7 Å². The average molecular weight is 243 g/mol. The van der Waals surface area contributed by atoms with Crippen molar-refractivity contribution < 1.29 is 0 Å². The van der Waals surface area contributed by atoms with Gasteiger partial charge in [-0.3, -0.25) is 4.68 Å². The number of hydrogen-bond donors (Lipinski definition) is 1. The molecule has 0 amide bonds. The smallest absolute Gasteiger partial charge is 0.0521 e. The standard InChI is InChI=1S/C15H21N3/c1-12-4-3-5-14(8-12)15(9-16)7-6-13-10-17-18(2)11-13/h3-5,8,10-11,15H,6-7,9,16H2,1-2H3. The molecule has 0 radical (unpaired) electrons. The summed E-state index contributed by atoms with van der Waals surface area (Å²) in [5.74, 6) is 0.435. The molecule has 0 bridgehead atoms. The van der Waals surface area contributed by atoms with Crippen LogP contribution in [0.5, 0.6) is 0 Å². The Balaban J connectivity index is 2.01. The SMILES string of the molecule is Cc1cccc(C(CN)CCc2cnn(C)c2)c1. The van der Waals surface area contributed by atoms with Gasteiger partial charge >= 0.3 is 0 Å². The second kappa shape index (κ2) is 5.83. The predicted octanol–water partition coefficient (Wildman–Crippen LogP) is 2.40. The lowest BCUT2D eigenvalue weighted by atomic mass is 9.92. The molecule has 96 valence electrons. The Morgan fingerprint density at radius 3 is 2.83 bits per heavy atom. The lowest BCUT2D eigenvalue weighted by Gasteiger charge is -2.15. The van der Waals surface area contributed by atoms with E-state index in [-0.39, 0.29) is 0 Å². The van der Waals surface area contributed by atoms with Crippen molar-refractivity contribution in [1.29, 1.82) is 0 Å². The van der Waals surface area contributed by atoms with Gasteiger partial charge in [0, 0.05) is 13.2 Å². The van der Waals surface area contributed by atoms with Crippen molar-refractivity contribution in [3.05, 3.63) is 53.3 Å². The van der Waals surface area contributed by atoms with E-state index in [0.717, 1.165) is 12.8 Å². The minimum absolute atomic E-state index is 0.435. The highest BCUT2D eigenvalue weighted by molar-refractivity contribution is 5.26. The van der Waals surface area contributed by atoms with Crippen LogP contribution in [0.4, 0.5) is 0 Å². The molecule has 0 aliphatic rings. The first-order valence-electron chi connectivity index (χ1n) is 6.43. The molecule has 0 spiro atoms. The highest BCUT2D eigenvalue weighted by Gasteiger charge is 2.10. The molecule has 1 aromatic heterocycles. The van der Waals surface area contributed by atoms with E-state index in [4.69, 9.17) is 5.73 Å². The molecule has 3 heteroatoms. The lowest BCUT2D eigenvalue weighted by Crippen LogP contribution is -2.13. The summed E-state index contributed by atoms with van der Waals surface area (Å²) < 4.78 is 1.85. The van der Waals surface area contributed by atoms with Crippen molar-refractivity contribution in [2.24, 2.45) is 12.8 Å². The number of benzene rings is 1. The highest BCUT2D eigenvalue weighted by atomic mass is 15.2. The van der Waals surface area contributed by atoms with Crippen LogP contribution in [0.1, 0.15) is 29.0 Å². The Kier molecular flexibility index (Phi) is 4.15. The second-order valence-electron chi connectivity index (χ2n) is 4.91. The van der Waals surface area contributed by atoms with Gasteiger partial charge in [0.25, 0.3) is 0 Å². The van der Waals surface area contributed by atoms with Crippen molar-refractivity contribution in [3.63, 3.8) is 0 Å². The fourth-order valence-electron chi connectivity index (χ4n) is 2.29. The molecule has 0 aliphatic heterocycles. The maximum Gasteiger partial charge on any atom is 0.0521 e. The topological polar surface area (TPSA) is 43.8 Å².